The molecule has 2 unspecified atom stereocenters. The summed E-state index contributed by atoms with van der Waals surface area (Å²) in [6.07, 6.45) is 0. The molecule has 1 aromatic carbocycles. The number of anilines is 1. The van der Waals surface area contributed by atoms with Gasteiger partial charge in [-0.25, -0.2) is 0 Å². The van der Waals surface area contributed by atoms with E-state index in [-0.39, 0.29) is 17.9 Å². The monoisotopic (exact) mass is 338 g/mol. The van der Waals surface area contributed by atoms with E-state index in [1.165, 1.54) is 0 Å². The predicted molar refractivity (Wildman–Crippen MR) is 75.6 cm³/mol. The summed E-state index contributed by atoms with van der Waals surface area (Å²) in [5.41, 5.74) is 6.07. The molecule has 0 fully saturated rings. The van der Waals surface area contributed by atoms with Crippen LogP contribution < -0.4 is 11.1 Å². The van der Waals surface area contributed by atoms with Gasteiger partial charge in [0, 0.05) is 10.5 Å². The number of benzene rings is 1. The first-order valence-electron chi connectivity index (χ1n) is 5.04. The Balaban J connectivity index is 2.93. The van der Waals surface area contributed by atoms with Crippen LogP contribution in [0.25, 0.3) is 0 Å². The van der Waals surface area contributed by atoms with Crippen molar-refractivity contribution in [2.45, 2.75) is 19.9 Å². The Hall–Kier alpha value is -0.290. The minimum absolute atomic E-state index is 0.203. The van der Waals surface area contributed by atoms with E-state index in [0.29, 0.717) is 15.7 Å². The van der Waals surface area contributed by atoms with Crippen molar-refractivity contribution in [2.75, 3.05) is 5.32 Å². The highest BCUT2D eigenvalue weighted by Gasteiger charge is 2.19. The third-order valence-electron chi connectivity index (χ3n) is 2.46. The van der Waals surface area contributed by atoms with Gasteiger partial charge in [-0.05, 0) is 19.1 Å². The largest absolute Gasteiger partial charge is 0.327 e. The minimum atomic E-state index is -0.314. The van der Waals surface area contributed by atoms with Crippen LogP contribution in [0, 0.1) is 5.92 Å². The molecule has 0 saturated heterocycles. The van der Waals surface area contributed by atoms with Gasteiger partial charge in [0.25, 0.3) is 0 Å². The molecule has 0 aliphatic heterocycles. The van der Waals surface area contributed by atoms with E-state index in [0.717, 1.165) is 4.47 Å². The molecule has 1 amide bonds. The van der Waals surface area contributed by atoms with Gasteiger partial charge in [0.15, 0.2) is 0 Å². The minimum Gasteiger partial charge on any atom is -0.327 e. The summed E-state index contributed by atoms with van der Waals surface area (Å²) in [5, 5.41) is 3.45. The number of carbonyl (C=O) groups is 1. The molecule has 3 N–H and O–H groups in total. The third-order valence-corrected chi connectivity index (χ3v) is 3.51. The zero-order valence-corrected chi connectivity index (χ0v) is 12.5. The number of rotatable bonds is 3. The summed E-state index contributed by atoms with van der Waals surface area (Å²) >= 11 is 15.3. The van der Waals surface area contributed by atoms with Crippen molar-refractivity contribution < 1.29 is 4.79 Å². The fraction of sp³-hybridized carbons (Fsp3) is 0.364. The van der Waals surface area contributed by atoms with Crippen LogP contribution in [-0.2, 0) is 4.79 Å². The standard InChI is InChI=1S/C11H13BrCl2N2O/c1-5(6(2)15)11(17)16-10-8(13)3-7(12)4-9(10)14/h3-6H,15H2,1-2H3,(H,16,17). The number of amides is 1. The summed E-state index contributed by atoms with van der Waals surface area (Å²) in [5.74, 6) is -0.517. The van der Waals surface area contributed by atoms with Gasteiger partial charge in [-0.3, -0.25) is 4.79 Å². The van der Waals surface area contributed by atoms with Crippen molar-refractivity contribution in [1.82, 2.24) is 0 Å². The molecule has 0 saturated carbocycles. The maximum atomic E-state index is 11.8. The molecule has 0 radical (unpaired) electrons. The number of nitrogens with one attached hydrogen (secondary N) is 1. The molecule has 3 nitrogen and oxygen atoms in total. The predicted octanol–water partition coefficient (Wildman–Crippen LogP) is 3.68. The summed E-state index contributed by atoms with van der Waals surface area (Å²) in [7, 11) is 0. The Labute approximate surface area is 119 Å². The lowest BCUT2D eigenvalue weighted by atomic mass is 10.0. The van der Waals surface area contributed by atoms with Crippen LogP contribution in [0.1, 0.15) is 13.8 Å². The normalized spacial score (nSPS) is 14.2. The second-order valence-electron chi connectivity index (χ2n) is 3.88. The van der Waals surface area contributed by atoms with Crippen LogP contribution in [0.15, 0.2) is 16.6 Å². The van der Waals surface area contributed by atoms with Crippen molar-refractivity contribution in [2.24, 2.45) is 11.7 Å². The highest BCUT2D eigenvalue weighted by molar-refractivity contribution is 9.10. The highest BCUT2D eigenvalue weighted by atomic mass is 79.9. The van der Waals surface area contributed by atoms with Crippen molar-refractivity contribution in [1.29, 1.82) is 0 Å². The van der Waals surface area contributed by atoms with Crippen LogP contribution in [-0.4, -0.2) is 11.9 Å². The first-order chi connectivity index (χ1) is 7.82. The fourth-order valence-electron chi connectivity index (χ4n) is 1.14. The molecular formula is C11H13BrCl2N2O. The Bertz CT molecular complexity index is 414. The van der Waals surface area contributed by atoms with Crippen LogP contribution in [0.2, 0.25) is 10.0 Å². The second kappa shape index (κ2) is 6.05. The second-order valence-corrected chi connectivity index (χ2v) is 5.61. The van der Waals surface area contributed by atoms with E-state index in [2.05, 4.69) is 21.2 Å². The third kappa shape index (κ3) is 3.85. The van der Waals surface area contributed by atoms with Gasteiger partial charge in [0.2, 0.25) is 5.91 Å². The van der Waals surface area contributed by atoms with E-state index >= 15 is 0 Å². The molecule has 1 aromatic rings. The zero-order chi connectivity index (χ0) is 13.2. The van der Waals surface area contributed by atoms with Gasteiger partial charge in [-0.2, -0.15) is 0 Å². The number of nitrogens with two attached hydrogens (primary N) is 1. The van der Waals surface area contributed by atoms with Gasteiger partial charge >= 0.3 is 0 Å². The van der Waals surface area contributed by atoms with Crippen molar-refractivity contribution in [3.63, 3.8) is 0 Å². The molecule has 0 bridgehead atoms. The molecule has 0 aromatic heterocycles. The Morgan fingerprint density at radius 3 is 2.24 bits per heavy atom. The summed E-state index contributed by atoms with van der Waals surface area (Å²) in [6.45, 7) is 3.52. The van der Waals surface area contributed by atoms with E-state index in [9.17, 15) is 4.79 Å². The lowest BCUT2D eigenvalue weighted by Crippen LogP contribution is -2.34. The molecule has 0 heterocycles. The Kier molecular flexibility index (Phi) is 5.25. The smallest absolute Gasteiger partial charge is 0.228 e. The fourth-order valence-corrected chi connectivity index (χ4v) is 2.44. The van der Waals surface area contributed by atoms with Gasteiger partial charge < -0.3 is 11.1 Å². The summed E-state index contributed by atoms with van der Waals surface area (Å²) in [6, 6.07) is 3.10. The van der Waals surface area contributed by atoms with E-state index in [4.69, 9.17) is 28.9 Å². The average molecular weight is 340 g/mol. The maximum Gasteiger partial charge on any atom is 0.228 e. The van der Waals surface area contributed by atoms with E-state index in [1.807, 2.05) is 0 Å². The lowest BCUT2D eigenvalue weighted by Gasteiger charge is -2.16. The number of hydrogen-bond acceptors (Lipinski definition) is 2. The van der Waals surface area contributed by atoms with Crippen LogP contribution in [0.3, 0.4) is 0 Å². The number of halogens is 3. The molecule has 0 aliphatic carbocycles. The topological polar surface area (TPSA) is 55.1 Å². The maximum absolute atomic E-state index is 11.8. The van der Waals surface area contributed by atoms with Crippen molar-refractivity contribution >= 4 is 50.7 Å². The lowest BCUT2D eigenvalue weighted by molar-refractivity contribution is -0.119. The van der Waals surface area contributed by atoms with Crippen LogP contribution in [0.5, 0.6) is 0 Å². The summed E-state index contributed by atoms with van der Waals surface area (Å²) < 4.78 is 0.755. The molecule has 0 aliphatic rings. The van der Waals surface area contributed by atoms with Gasteiger partial charge in [-0.15, -0.1) is 0 Å². The molecular weight excluding hydrogens is 327 g/mol. The Morgan fingerprint density at radius 2 is 1.82 bits per heavy atom. The molecule has 94 valence electrons. The molecule has 0 spiro atoms. The number of hydrogen-bond donors (Lipinski definition) is 2. The molecule has 6 heteroatoms. The van der Waals surface area contributed by atoms with Gasteiger partial charge in [0.1, 0.15) is 0 Å². The van der Waals surface area contributed by atoms with Crippen molar-refractivity contribution in [3.05, 3.63) is 26.7 Å². The van der Waals surface area contributed by atoms with Crippen LogP contribution in [0.4, 0.5) is 5.69 Å². The zero-order valence-electron chi connectivity index (χ0n) is 9.43. The molecule has 17 heavy (non-hydrogen) atoms. The molecule has 2 atom stereocenters. The SMILES string of the molecule is CC(N)C(C)C(=O)Nc1c(Cl)cc(Br)cc1Cl. The average Bonchev–Trinajstić information content (AvgIpc) is 2.21. The quantitative estimate of drug-likeness (QED) is 0.882. The highest BCUT2D eigenvalue weighted by Crippen LogP contribution is 2.34. The Morgan fingerprint density at radius 1 is 1.35 bits per heavy atom. The van der Waals surface area contributed by atoms with Crippen molar-refractivity contribution in [3.8, 4) is 0 Å². The first kappa shape index (κ1) is 14.8. The van der Waals surface area contributed by atoms with E-state index < -0.39 is 0 Å². The molecule has 1 rings (SSSR count). The van der Waals surface area contributed by atoms with Gasteiger partial charge in [0.05, 0.1) is 21.7 Å². The van der Waals surface area contributed by atoms with E-state index in [1.54, 1.807) is 26.0 Å². The van der Waals surface area contributed by atoms with Crippen LogP contribution >= 0.6 is 39.1 Å². The summed E-state index contributed by atoms with van der Waals surface area (Å²) in [4.78, 5) is 11.8. The first-order valence-corrected chi connectivity index (χ1v) is 6.58. The van der Waals surface area contributed by atoms with Gasteiger partial charge in [-0.1, -0.05) is 46.1 Å². The number of carbonyl (C=O) groups excluding carboxylic acids is 1.